The first-order valence-corrected chi connectivity index (χ1v) is 8.82. The molecule has 6 heteroatoms. The van der Waals surface area contributed by atoms with Crippen LogP contribution in [0.2, 0.25) is 0 Å². The van der Waals surface area contributed by atoms with Gasteiger partial charge in [-0.25, -0.2) is 4.98 Å². The molecule has 0 bridgehead atoms. The van der Waals surface area contributed by atoms with E-state index in [1.54, 1.807) is 11.3 Å². The standard InChI is InChI=1S/C13H12BrNO2S2/c14-12-10-9(16-5-6-17-10)11(19-12)13-15-7-3-1-2-4-8(7)18-13/h1-6H2. The Balaban J connectivity index is 1.82. The van der Waals surface area contributed by atoms with Crippen LogP contribution in [-0.4, -0.2) is 18.2 Å². The first kappa shape index (κ1) is 12.2. The summed E-state index contributed by atoms with van der Waals surface area (Å²) in [6.07, 6.45) is 4.86. The fourth-order valence-electron chi connectivity index (χ4n) is 2.51. The molecule has 0 fully saturated rings. The summed E-state index contributed by atoms with van der Waals surface area (Å²) in [6, 6.07) is 0. The molecule has 1 aliphatic carbocycles. The first-order valence-electron chi connectivity index (χ1n) is 6.40. The number of aryl methyl sites for hydroxylation is 2. The number of aromatic nitrogens is 1. The van der Waals surface area contributed by atoms with E-state index >= 15 is 0 Å². The van der Waals surface area contributed by atoms with Gasteiger partial charge in [-0.15, -0.1) is 22.7 Å². The summed E-state index contributed by atoms with van der Waals surface area (Å²) < 4.78 is 12.5. The van der Waals surface area contributed by atoms with E-state index in [0.29, 0.717) is 13.2 Å². The Hall–Kier alpha value is -0.590. The van der Waals surface area contributed by atoms with Gasteiger partial charge < -0.3 is 9.47 Å². The SMILES string of the molecule is Brc1sc(-c2nc3c(s2)CCCC3)c2c1OCCO2. The van der Waals surface area contributed by atoms with Gasteiger partial charge in [0.1, 0.15) is 26.9 Å². The van der Waals surface area contributed by atoms with Crippen molar-refractivity contribution in [2.24, 2.45) is 0 Å². The lowest BCUT2D eigenvalue weighted by molar-refractivity contribution is 0.173. The number of nitrogens with zero attached hydrogens (tertiary/aromatic N) is 1. The van der Waals surface area contributed by atoms with E-state index in [-0.39, 0.29) is 0 Å². The zero-order valence-corrected chi connectivity index (χ0v) is 13.4. The number of ether oxygens (including phenoxy) is 2. The molecule has 19 heavy (non-hydrogen) atoms. The van der Waals surface area contributed by atoms with Gasteiger partial charge >= 0.3 is 0 Å². The van der Waals surface area contributed by atoms with Crippen LogP contribution in [0.3, 0.4) is 0 Å². The minimum absolute atomic E-state index is 0.619. The van der Waals surface area contributed by atoms with E-state index in [9.17, 15) is 0 Å². The summed E-state index contributed by atoms with van der Waals surface area (Å²) in [5.41, 5.74) is 1.29. The molecule has 0 radical (unpaired) electrons. The predicted octanol–water partition coefficient (Wildman–Crippen LogP) is 4.28. The first-order chi connectivity index (χ1) is 9.33. The average Bonchev–Trinajstić information content (AvgIpc) is 3.01. The molecule has 1 aliphatic heterocycles. The Labute approximate surface area is 127 Å². The maximum Gasteiger partial charge on any atom is 0.187 e. The quantitative estimate of drug-likeness (QED) is 0.762. The third-order valence-electron chi connectivity index (χ3n) is 3.40. The lowest BCUT2D eigenvalue weighted by Crippen LogP contribution is -2.14. The van der Waals surface area contributed by atoms with Gasteiger partial charge in [0, 0.05) is 4.88 Å². The molecule has 2 aromatic rings. The van der Waals surface area contributed by atoms with Crippen molar-refractivity contribution in [2.45, 2.75) is 25.7 Å². The van der Waals surface area contributed by atoms with Crippen LogP contribution in [0.4, 0.5) is 0 Å². The normalized spacial score (nSPS) is 17.3. The maximum atomic E-state index is 5.78. The summed E-state index contributed by atoms with van der Waals surface area (Å²) in [6.45, 7) is 1.24. The number of thiazole rings is 1. The molecule has 0 atom stereocenters. The summed E-state index contributed by atoms with van der Waals surface area (Å²) in [5, 5.41) is 1.09. The zero-order valence-electron chi connectivity index (χ0n) is 10.2. The minimum Gasteiger partial charge on any atom is -0.484 e. The van der Waals surface area contributed by atoms with Crippen molar-refractivity contribution >= 4 is 38.6 Å². The number of halogens is 1. The van der Waals surface area contributed by atoms with Gasteiger partial charge in [0.05, 0.1) is 5.69 Å². The summed E-state index contributed by atoms with van der Waals surface area (Å²) >= 11 is 7.04. The van der Waals surface area contributed by atoms with E-state index in [1.165, 1.54) is 29.8 Å². The topological polar surface area (TPSA) is 31.4 Å². The highest BCUT2D eigenvalue weighted by atomic mass is 79.9. The van der Waals surface area contributed by atoms with Gasteiger partial charge in [0.15, 0.2) is 11.5 Å². The molecule has 2 aromatic heterocycles. The number of hydrogen-bond acceptors (Lipinski definition) is 5. The monoisotopic (exact) mass is 357 g/mol. The van der Waals surface area contributed by atoms with Gasteiger partial charge in [0.25, 0.3) is 0 Å². The van der Waals surface area contributed by atoms with E-state index in [2.05, 4.69) is 15.9 Å². The molecule has 3 nitrogen and oxygen atoms in total. The summed E-state index contributed by atoms with van der Waals surface area (Å²) in [7, 11) is 0. The molecular weight excluding hydrogens is 346 g/mol. The van der Waals surface area contributed by atoms with Gasteiger partial charge in [-0.2, -0.15) is 0 Å². The van der Waals surface area contributed by atoms with Crippen molar-refractivity contribution in [1.29, 1.82) is 0 Å². The minimum atomic E-state index is 0.619. The third kappa shape index (κ3) is 2.00. The predicted molar refractivity (Wildman–Crippen MR) is 80.8 cm³/mol. The fourth-order valence-corrected chi connectivity index (χ4v) is 5.42. The van der Waals surface area contributed by atoms with Crippen molar-refractivity contribution in [3.8, 4) is 21.4 Å². The molecule has 3 heterocycles. The van der Waals surface area contributed by atoms with Gasteiger partial charge in [-0.1, -0.05) is 0 Å². The van der Waals surface area contributed by atoms with E-state index < -0.39 is 0 Å². The molecule has 0 spiro atoms. The molecule has 0 amide bonds. The van der Waals surface area contributed by atoms with E-state index in [0.717, 1.165) is 31.6 Å². The molecule has 100 valence electrons. The van der Waals surface area contributed by atoms with Crippen molar-refractivity contribution in [2.75, 3.05) is 13.2 Å². The van der Waals surface area contributed by atoms with Gasteiger partial charge in [0.2, 0.25) is 0 Å². The Morgan fingerprint density at radius 3 is 2.63 bits per heavy atom. The van der Waals surface area contributed by atoms with Crippen molar-refractivity contribution in [3.05, 3.63) is 14.4 Å². The second-order valence-corrected chi connectivity index (χ2v) is 8.08. The van der Waals surface area contributed by atoms with Gasteiger partial charge in [-0.05, 0) is 41.6 Å². The van der Waals surface area contributed by atoms with Crippen molar-refractivity contribution in [3.63, 3.8) is 0 Å². The van der Waals surface area contributed by atoms with E-state index in [1.807, 2.05) is 11.3 Å². The molecule has 4 rings (SSSR count). The van der Waals surface area contributed by atoms with Crippen LogP contribution in [-0.2, 0) is 12.8 Å². The Kier molecular flexibility index (Phi) is 3.04. The van der Waals surface area contributed by atoms with Crippen LogP contribution in [0.15, 0.2) is 3.79 Å². The summed E-state index contributed by atoms with van der Waals surface area (Å²) in [4.78, 5) is 7.38. The Bertz CT molecular complexity index is 611. The fraction of sp³-hybridized carbons (Fsp3) is 0.462. The third-order valence-corrected chi connectivity index (χ3v) is 6.50. The van der Waals surface area contributed by atoms with Crippen LogP contribution < -0.4 is 9.47 Å². The molecular formula is C13H12BrNO2S2. The molecule has 2 aliphatic rings. The lowest BCUT2D eigenvalue weighted by Gasteiger charge is -2.15. The largest absolute Gasteiger partial charge is 0.484 e. The van der Waals surface area contributed by atoms with Crippen LogP contribution in [0.1, 0.15) is 23.4 Å². The maximum absolute atomic E-state index is 5.78. The second-order valence-electron chi connectivity index (χ2n) is 4.66. The number of fused-ring (bicyclic) bond motifs is 2. The average molecular weight is 358 g/mol. The zero-order chi connectivity index (χ0) is 12.8. The highest BCUT2D eigenvalue weighted by Gasteiger charge is 2.27. The highest BCUT2D eigenvalue weighted by molar-refractivity contribution is 9.11. The molecule has 0 saturated heterocycles. The Morgan fingerprint density at radius 1 is 1.00 bits per heavy atom. The highest BCUT2D eigenvalue weighted by Crippen LogP contribution is 2.52. The van der Waals surface area contributed by atoms with Crippen LogP contribution in [0, 0.1) is 0 Å². The number of thiophene rings is 1. The van der Waals surface area contributed by atoms with Crippen LogP contribution >= 0.6 is 38.6 Å². The number of rotatable bonds is 1. The van der Waals surface area contributed by atoms with Gasteiger partial charge in [-0.3, -0.25) is 0 Å². The van der Waals surface area contributed by atoms with Crippen LogP contribution in [0.5, 0.6) is 11.5 Å². The molecule has 0 unspecified atom stereocenters. The molecule has 0 aromatic carbocycles. The Morgan fingerprint density at radius 2 is 1.79 bits per heavy atom. The molecule has 0 N–H and O–H groups in total. The van der Waals surface area contributed by atoms with Crippen LogP contribution in [0.25, 0.3) is 9.88 Å². The lowest BCUT2D eigenvalue weighted by atomic mass is 10.0. The second kappa shape index (κ2) is 4.75. The smallest absolute Gasteiger partial charge is 0.187 e. The summed E-state index contributed by atoms with van der Waals surface area (Å²) in [5.74, 6) is 1.72. The van der Waals surface area contributed by atoms with Crippen molar-refractivity contribution < 1.29 is 9.47 Å². The van der Waals surface area contributed by atoms with E-state index in [4.69, 9.17) is 14.5 Å². The molecule has 0 saturated carbocycles. The van der Waals surface area contributed by atoms with Crippen molar-refractivity contribution in [1.82, 2.24) is 4.98 Å². The number of hydrogen-bond donors (Lipinski definition) is 0.